The van der Waals surface area contributed by atoms with Crippen molar-refractivity contribution in [3.63, 3.8) is 0 Å². The van der Waals surface area contributed by atoms with Gasteiger partial charge in [0.25, 0.3) is 0 Å². The third-order valence-corrected chi connectivity index (χ3v) is 2.10. The molecule has 0 saturated heterocycles. The average molecular weight is 269 g/mol. The molecule has 0 aliphatic rings. The van der Waals surface area contributed by atoms with Crippen molar-refractivity contribution in [2.45, 2.75) is 25.8 Å². The fraction of sp³-hybridized carbons (Fsp3) is 0.455. The molecular formula is C11H15N3O5. The summed E-state index contributed by atoms with van der Waals surface area (Å²) in [6, 6.07) is 0.166. The Hall–Kier alpha value is -2.38. The van der Waals surface area contributed by atoms with E-state index in [-0.39, 0.29) is 5.82 Å². The van der Waals surface area contributed by atoms with E-state index < -0.39 is 24.4 Å². The van der Waals surface area contributed by atoms with Crippen LogP contribution in [-0.2, 0) is 9.59 Å². The monoisotopic (exact) mass is 269 g/mol. The molecule has 0 fully saturated rings. The zero-order valence-corrected chi connectivity index (χ0v) is 10.4. The van der Waals surface area contributed by atoms with Gasteiger partial charge in [0.1, 0.15) is 18.2 Å². The van der Waals surface area contributed by atoms with Crippen molar-refractivity contribution >= 4 is 17.8 Å². The molecule has 1 rings (SSSR count). The molecule has 0 aliphatic carbocycles. The summed E-state index contributed by atoms with van der Waals surface area (Å²) in [4.78, 5) is 29.1. The number of carbonyl (C=O) groups is 2. The fourth-order valence-corrected chi connectivity index (χ4v) is 1.26. The van der Waals surface area contributed by atoms with Gasteiger partial charge in [-0.1, -0.05) is 6.92 Å². The minimum Gasteiger partial charge on any atom is -0.481 e. The second-order valence-electron chi connectivity index (χ2n) is 3.72. The van der Waals surface area contributed by atoms with Gasteiger partial charge >= 0.3 is 11.9 Å². The molecule has 3 N–H and O–H groups in total. The Bertz CT molecular complexity index is 452. The smallest absolute Gasteiger partial charge is 0.326 e. The van der Waals surface area contributed by atoms with Crippen LogP contribution in [-0.4, -0.2) is 44.8 Å². The number of carboxylic acid groups (broad SMARTS) is 2. The van der Waals surface area contributed by atoms with Crippen LogP contribution in [0.3, 0.4) is 0 Å². The molecule has 0 radical (unpaired) electrons. The van der Waals surface area contributed by atoms with Crippen LogP contribution in [0.4, 0.5) is 5.82 Å². The first kappa shape index (κ1) is 14.7. The molecule has 0 spiro atoms. The Labute approximate surface area is 109 Å². The van der Waals surface area contributed by atoms with Crippen LogP contribution in [0.5, 0.6) is 5.88 Å². The van der Waals surface area contributed by atoms with Crippen molar-refractivity contribution < 1.29 is 24.5 Å². The van der Waals surface area contributed by atoms with Gasteiger partial charge in [0.05, 0.1) is 13.0 Å². The Morgan fingerprint density at radius 2 is 2.16 bits per heavy atom. The Balaban J connectivity index is 2.73. The quantitative estimate of drug-likeness (QED) is 0.627. The standard InChI is InChI=1S/C11H15N3O5/c1-2-3-19-9-5-8(12-6-13-9)14-7(11(17)18)4-10(15)16/h5-7H,2-4H2,1H3,(H,15,16)(H,17,18)(H,12,13,14). The summed E-state index contributed by atoms with van der Waals surface area (Å²) in [5, 5.41) is 20.0. The van der Waals surface area contributed by atoms with Crippen molar-refractivity contribution in [3.05, 3.63) is 12.4 Å². The van der Waals surface area contributed by atoms with Gasteiger partial charge in [0.2, 0.25) is 5.88 Å². The molecule has 19 heavy (non-hydrogen) atoms. The van der Waals surface area contributed by atoms with Crippen molar-refractivity contribution in [1.82, 2.24) is 9.97 Å². The van der Waals surface area contributed by atoms with Crippen LogP contribution in [0.1, 0.15) is 19.8 Å². The van der Waals surface area contributed by atoms with Gasteiger partial charge in [-0.05, 0) is 6.42 Å². The highest BCUT2D eigenvalue weighted by atomic mass is 16.5. The molecule has 0 amide bonds. The molecule has 1 atom stereocenters. The molecule has 1 unspecified atom stereocenters. The number of rotatable bonds is 8. The molecule has 104 valence electrons. The zero-order chi connectivity index (χ0) is 14.3. The molecule has 1 aromatic rings. The topological polar surface area (TPSA) is 122 Å². The number of anilines is 1. The average Bonchev–Trinajstić information content (AvgIpc) is 2.35. The van der Waals surface area contributed by atoms with Crippen LogP contribution < -0.4 is 10.1 Å². The number of aliphatic carboxylic acids is 2. The maximum Gasteiger partial charge on any atom is 0.326 e. The van der Waals surface area contributed by atoms with Gasteiger partial charge in [-0.15, -0.1) is 0 Å². The van der Waals surface area contributed by atoms with Crippen molar-refractivity contribution in [3.8, 4) is 5.88 Å². The van der Waals surface area contributed by atoms with Crippen molar-refractivity contribution in [1.29, 1.82) is 0 Å². The third kappa shape index (κ3) is 5.19. The highest BCUT2D eigenvalue weighted by molar-refractivity contribution is 5.83. The molecule has 1 heterocycles. The third-order valence-electron chi connectivity index (χ3n) is 2.10. The predicted octanol–water partition coefficient (Wildman–Crippen LogP) is 0.605. The summed E-state index contributed by atoms with van der Waals surface area (Å²) in [5.74, 6) is -1.97. The Morgan fingerprint density at radius 3 is 2.74 bits per heavy atom. The maximum atomic E-state index is 10.9. The summed E-state index contributed by atoms with van der Waals surface area (Å²) in [6.45, 7) is 2.42. The SMILES string of the molecule is CCCOc1cc(NC(CC(=O)O)C(=O)O)ncn1. The van der Waals surface area contributed by atoms with E-state index in [0.717, 1.165) is 6.42 Å². The molecule has 8 heteroatoms. The summed E-state index contributed by atoms with van der Waals surface area (Å²) >= 11 is 0. The maximum absolute atomic E-state index is 10.9. The van der Waals surface area contributed by atoms with Gasteiger partial charge in [-0.2, -0.15) is 0 Å². The van der Waals surface area contributed by atoms with Gasteiger partial charge in [0, 0.05) is 6.07 Å². The van der Waals surface area contributed by atoms with Crippen molar-refractivity contribution in [2.75, 3.05) is 11.9 Å². The lowest BCUT2D eigenvalue weighted by molar-refractivity contribution is -0.144. The van der Waals surface area contributed by atoms with E-state index in [4.69, 9.17) is 14.9 Å². The highest BCUT2D eigenvalue weighted by Gasteiger charge is 2.21. The molecule has 0 saturated carbocycles. The van der Waals surface area contributed by atoms with E-state index in [0.29, 0.717) is 12.5 Å². The largest absolute Gasteiger partial charge is 0.481 e. The van der Waals surface area contributed by atoms with E-state index in [1.54, 1.807) is 0 Å². The van der Waals surface area contributed by atoms with Crippen LogP contribution in [0.15, 0.2) is 12.4 Å². The lowest BCUT2D eigenvalue weighted by atomic mass is 10.2. The minimum absolute atomic E-state index is 0.203. The van der Waals surface area contributed by atoms with E-state index >= 15 is 0 Å². The number of aromatic nitrogens is 2. The van der Waals surface area contributed by atoms with Gasteiger partial charge in [0.15, 0.2) is 0 Å². The normalized spacial score (nSPS) is 11.6. The summed E-state index contributed by atoms with van der Waals surface area (Å²) in [7, 11) is 0. The summed E-state index contributed by atoms with van der Waals surface area (Å²) < 4.78 is 5.26. The Kier molecular flexibility index (Phi) is 5.52. The number of nitrogens with one attached hydrogen (secondary N) is 1. The number of nitrogens with zero attached hydrogens (tertiary/aromatic N) is 2. The Morgan fingerprint density at radius 1 is 1.42 bits per heavy atom. The van der Waals surface area contributed by atoms with E-state index in [1.807, 2.05) is 6.92 Å². The predicted molar refractivity (Wildman–Crippen MR) is 65.1 cm³/mol. The van der Waals surface area contributed by atoms with E-state index in [2.05, 4.69) is 15.3 Å². The van der Waals surface area contributed by atoms with E-state index in [9.17, 15) is 9.59 Å². The summed E-state index contributed by atoms with van der Waals surface area (Å²) in [5.41, 5.74) is 0. The molecular weight excluding hydrogens is 254 g/mol. The second kappa shape index (κ2) is 7.14. The van der Waals surface area contributed by atoms with Crippen LogP contribution >= 0.6 is 0 Å². The van der Waals surface area contributed by atoms with Gasteiger partial charge in [-0.3, -0.25) is 4.79 Å². The van der Waals surface area contributed by atoms with Crippen LogP contribution in [0, 0.1) is 0 Å². The molecule has 1 aromatic heterocycles. The molecule has 8 nitrogen and oxygen atoms in total. The first-order valence-electron chi connectivity index (χ1n) is 5.69. The number of carboxylic acids is 2. The van der Waals surface area contributed by atoms with Crippen molar-refractivity contribution in [2.24, 2.45) is 0 Å². The number of ether oxygens (including phenoxy) is 1. The lowest BCUT2D eigenvalue weighted by Crippen LogP contribution is -2.32. The number of hydrogen-bond donors (Lipinski definition) is 3. The lowest BCUT2D eigenvalue weighted by Gasteiger charge is -2.13. The highest BCUT2D eigenvalue weighted by Crippen LogP contribution is 2.13. The molecule has 0 aliphatic heterocycles. The van der Waals surface area contributed by atoms with Gasteiger partial charge in [-0.25, -0.2) is 14.8 Å². The van der Waals surface area contributed by atoms with E-state index in [1.165, 1.54) is 12.4 Å². The van der Waals surface area contributed by atoms with Crippen LogP contribution in [0.25, 0.3) is 0 Å². The first-order valence-corrected chi connectivity index (χ1v) is 5.69. The van der Waals surface area contributed by atoms with Crippen LogP contribution in [0.2, 0.25) is 0 Å². The summed E-state index contributed by atoms with van der Waals surface area (Å²) in [6.07, 6.45) is 1.47. The zero-order valence-electron chi connectivity index (χ0n) is 10.4. The second-order valence-corrected chi connectivity index (χ2v) is 3.72. The molecule has 0 bridgehead atoms. The first-order chi connectivity index (χ1) is 9.02. The van der Waals surface area contributed by atoms with Gasteiger partial charge < -0.3 is 20.3 Å². The molecule has 0 aromatic carbocycles. The fourth-order valence-electron chi connectivity index (χ4n) is 1.26. The number of hydrogen-bond acceptors (Lipinski definition) is 6. The minimum atomic E-state index is -1.27.